The zero-order valence-corrected chi connectivity index (χ0v) is 13.6. The summed E-state index contributed by atoms with van der Waals surface area (Å²) in [5.41, 5.74) is 1.27. The van der Waals surface area contributed by atoms with Crippen LogP contribution in [0.3, 0.4) is 0 Å². The molecule has 1 N–H and O–H groups in total. The molecule has 4 nitrogen and oxygen atoms in total. The molecule has 0 bridgehead atoms. The molecule has 1 heterocycles. The summed E-state index contributed by atoms with van der Waals surface area (Å²) in [6.45, 7) is 7.11. The van der Waals surface area contributed by atoms with Crippen molar-refractivity contribution in [3.05, 3.63) is 29.8 Å². The van der Waals surface area contributed by atoms with Gasteiger partial charge in [0.15, 0.2) is 0 Å². The van der Waals surface area contributed by atoms with Gasteiger partial charge >= 0.3 is 0 Å². The second-order valence-electron chi connectivity index (χ2n) is 5.76. The van der Waals surface area contributed by atoms with E-state index in [9.17, 15) is 0 Å². The van der Waals surface area contributed by atoms with Gasteiger partial charge in [-0.2, -0.15) is 0 Å². The largest absolute Gasteiger partial charge is 0.497 e. The van der Waals surface area contributed by atoms with Gasteiger partial charge in [-0.05, 0) is 44.6 Å². The fourth-order valence-corrected chi connectivity index (χ4v) is 3.12. The summed E-state index contributed by atoms with van der Waals surface area (Å²) in [5.74, 6) is 0.913. The third kappa shape index (κ3) is 4.19. The van der Waals surface area contributed by atoms with Gasteiger partial charge < -0.3 is 14.8 Å². The van der Waals surface area contributed by atoms with E-state index < -0.39 is 0 Å². The van der Waals surface area contributed by atoms with E-state index in [2.05, 4.69) is 49.3 Å². The summed E-state index contributed by atoms with van der Waals surface area (Å²) in [7, 11) is 3.91. The zero-order chi connectivity index (χ0) is 15.2. The molecule has 1 aliphatic rings. The second kappa shape index (κ2) is 7.78. The first-order valence-corrected chi connectivity index (χ1v) is 7.84. The number of rotatable bonds is 7. The minimum atomic E-state index is 0.308. The molecule has 3 atom stereocenters. The van der Waals surface area contributed by atoms with Gasteiger partial charge in [-0.25, -0.2) is 0 Å². The van der Waals surface area contributed by atoms with E-state index in [1.807, 2.05) is 6.07 Å². The molecule has 1 aromatic rings. The summed E-state index contributed by atoms with van der Waals surface area (Å²) in [6.07, 6.45) is 1.44. The third-order valence-corrected chi connectivity index (χ3v) is 4.32. The summed E-state index contributed by atoms with van der Waals surface area (Å²) in [4.78, 5) is 2.42. The van der Waals surface area contributed by atoms with Gasteiger partial charge in [0.2, 0.25) is 0 Å². The van der Waals surface area contributed by atoms with E-state index in [1.54, 1.807) is 7.11 Å². The Labute approximate surface area is 128 Å². The van der Waals surface area contributed by atoms with Crippen molar-refractivity contribution in [1.29, 1.82) is 0 Å². The number of likely N-dealkylation sites (N-methyl/N-ethyl adjacent to an activating group) is 2. The van der Waals surface area contributed by atoms with Crippen molar-refractivity contribution in [1.82, 2.24) is 10.2 Å². The van der Waals surface area contributed by atoms with Crippen LogP contribution < -0.4 is 10.1 Å². The molecule has 1 aromatic carbocycles. The lowest BCUT2D eigenvalue weighted by atomic mass is 10.0. The maximum absolute atomic E-state index is 5.69. The topological polar surface area (TPSA) is 33.7 Å². The molecule has 1 aliphatic heterocycles. The number of nitrogens with zero attached hydrogens (tertiary/aromatic N) is 1. The van der Waals surface area contributed by atoms with Gasteiger partial charge in [-0.1, -0.05) is 19.1 Å². The monoisotopic (exact) mass is 292 g/mol. The molecule has 1 saturated heterocycles. The molecule has 0 saturated carbocycles. The molecule has 118 valence electrons. The first kappa shape index (κ1) is 16.3. The van der Waals surface area contributed by atoms with Gasteiger partial charge in [-0.15, -0.1) is 0 Å². The quantitative estimate of drug-likeness (QED) is 0.837. The summed E-state index contributed by atoms with van der Waals surface area (Å²) < 4.78 is 11.0. The van der Waals surface area contributed by atoms with Crippen LogP contribution in [-0.4, -0.2) is 50.9 Å². The van der Waals surface area contributed by atoms with Gasteiger partial charge in [-0.3, -0.25) is 4.90 Å². The Balaban J connectivity index is 2.07. The van der Waals surface area contributed by atoms with Gasteiger partial charge in [0, 0.05) is 25.2 Å². The van der Waals surface area contributed by atoms with Crippen molar-refractivity contribution in [3.63, 3.8) is 0 Å². The lowest BCUT2D eigenvalue weighted by molar-refractivity contribution is 0.0804. The molecule has 1 fully saturated rings. The Morgan fingerprint density at radius 2 is 2.29 bits per heavy atom. The van der Waals surface area contributed by atoms with Crippen LogP contribution in [-0.2, 0) is 4.74 Å². The highest BCUT2D eigenvalue weighted by Crippen LogP contribution is 2.23. The minimum absolute atomic E-state index is 0.308. The van der Waals surface area contributed by atoms with Crippen LogP contribution in [0.15, 0.2) is 24.3 Å². The van der Waals surface area contributed by atoms with E-state index in [0.717, 1.165) is 31.9 Å². The van der Waals surface area contributed by atoms with E-state index >= 15 is 0 Å². The molecule has 0 aromatic heterocycles. The zero-order valence-electron chi connectivity index (χ0n) is 13.6. The van der Waals surface area contributed by atoms with Crippen molar-refractivity contribution in [2.75, 3.05) is 33.9 Å². The normalized spacial score (nSPS) is 23.5. The third-order valence-electron chi connectivity index (χ3n) is 4.32. The molecule has 2 rings (SSSR count). The van der Waals surface area contributed by atoms with Crippen molar-refractivity contribution in [3.8, 4) is 5.75 Å². The summed E-state index contributed by atoms with van der Waals surface area (Å²) >= 11 is 0. The number of nitrogens with one attached hydrogen (secondary N) is 1. The van der Waals surface area contributed by atoms with E-state index in [0.29, 0.717) is 18.2 Å². The lowest BCUT2D eigenvalue weighted by Gasteiger charge is -2.31. The van der Waals surface area contributed by atoms with Crippen LogP contribution in [0, 0.1) is 0 Å². The summed E-state index contributed by atoms with van der Waals surface area (Å²) in [5, 5.41) is 3.58. The van der Waals surface area contributed by atoms with Gasteiger partial charge in [0.05, 0.1) is 13.2 Å². The van der Waals surface area contributed by atoms with Crippen LogP contribution in [0.5, 0.6) is 5.75 Å². The fraction of sp³-hybridized carbons (Fsp3) is 0.647. The molecule has 0 aliphatic carbocycles. The SMILES string of the molecule is CCNC(CN(C)C1CCOC1C)c1cccc(OC)c1. The second-order valence-corrected chi connectivity index (χ2v) is 5.76. The van der Waals surface area contributed by atoms with Crippen LogP contribution in [0.1, 0.15) is 31.9 Å². The predicted molar refractivity (Wildman–Crippen MR) is 85.9 cm³/mol. The predicted octanol–water partition coefficient (Wildman–Crippen LogP) is 2.46. The average Bonchev–Trinajstić information content (AvgIpc) is 2.93. The first-order chi connectivity index (χ1) is 10.2. The number of ether oxygens (including phenoxy) is 2. The number of hydrogen-bond acceptors (Lipinski definition) is 4. The Kier molecular flexibility index (Phi) is 6.03. The number of hydrogen-bond donors (Lipinski definition) is 1. The Hall–Kier alpha value is -1.10. The van der Waals surface area contributed by atoms with E-state index in [-0.39, 0.29) is 0 Å². The number of methoxy groups -OCH3 is 1. The Bertz CT molecular complexity index is 439. The molecule has 0 amide bonds. The maximum atomic E-state index is 5.69. The highest BCUT2D eigenvalue weighted by atomic mass is 16.5. The smallest absolute Gasteiger partial charge is 0.119 e. The Morgan fingerprint density at radius 1 is 1.48 bits per heavy atom. The average molecular weight is 292 g/mol. The summed E-state index contributed by atoms with van der Waals surface area (Å²) in [6, 6.07) is 9.15. The standard InChI is InChI=1S/C17H28N2O2/c1-5-18-16(14-7-6-8-15(11-14)20-4)12-19(3)17-9-10-21-13(17)2/h6-8,11,13,16-18H,5,9-10,12H2,1-4H3. The molecule has 0 spiro atoms. The van der Waals surface area contributed by atoms with Crippen molar-refractivity contribution in [2.45, 2.75) is 38.5 Å². The Morgan fingerprint density at radius 3 is 2.90 bits per heavy atom. The van der Waals surface area contributed by atoms with Gasteiger partial charge in [0.25, 0.3) is 0 Å². The lowest BCUT2D eigenvalue weighted by Crippen LogP contribution is -2.42. The molecule has 0 radical (unpaired) electrons. The van der Waals surface area contributed by atoms with Gasteiger partial charge in [0.1, 0.15) is 5.75 Å². The molecule has 4 heteroatoms. The van der Waals surface area contributed by atoms with E-state index in [4.69, 9.17) is 9.47 Å². The van der Waals surface area contributed by atoms with Crippen LogP contribution in [0.2, 0.25) is 0 Å². The van der Waals surface area contributed by atoms with Crippen molar-refractivity contribution in [2.24, 2.45) is 0 Å². The number of benzene rings is 1. The van der Waals surface area contributed by atoms with Crippen molar-refractivity contribution >= 4 is 0 Å². The first-order valence-electron chi connectivity index (χ1n) is 7.84. The highest BCUT2D eigenvalue weighted by Gasteiger charge is 2.29. The van der Waals surface area contributed by atoms with Crippen LogP contribution in [0.4, 0.5) is 0 Å². The van der Waals surface area contributed by atoms with E-state index in [1.165, 1.54) is 5.56 Å². The minimum Gasteiger partial charge on any atom is -0.497 e. The maximum Gasteiger partial charge on any atom is 0.119 e. The molecular weight excluding hydrogens is 264 g/mol. The van der Waals surface area contributed by atoms with Crippen LogP contribution >= 0.6 is 0 Å². The highest BCUT2D eigenvalue weighted by molar-refractivity contribution is 5.30. The fourth-order valence-electron chi connectivity index (χ4n) is 3.12. The van der Waals surface area contributed by atoms with Crippen molar-refractivity contribution < 1.29 is 9.47 Å². The molecule has 21 heavy (non-hydrogen) atoms. The molecular formula is C17H28N2O2. The molecule has 3 unspecified atom stereocenters. The van der Waals surface area contributed by atoms with Crippen LogP contribution in [0.25, 0.3) is 0 Å².